The minimum absolute atomic E-state index is 0.0391. The standard InChI is InChI=1S/C19H12ClN3O3/c1-11-2-5-14(9-17(11)23(25)26)22-18(24)7-3-12-10-21-16-6-4-13(20)8-15(16)19(12)22/h2-10H,1H3. The first-order chi connectivity index (χ1) is 12.5. The summed E-state index contributed by atoms with van der Waals surface area (Å²) < 4.78 is 1.46. The molecule has 7 heteroatoms. The largest absolute Gasteiger partial charge is 0.276 e. The van der Waals surface area contributed by atoms with Gasteiger partial charge in [-0.15, -0.1) is 0 Å². The molecule has 0 atom stereocenters. The minimum atomic E-state index is -0.453. The summed E-state index contributed by atoms with van der Waals surface area (Å²) in [6.07, 6.45) is 1.67. The molecule has 0 aliphatic heterocycles. The van der Waals surface area contributed by atoms with Crippen molar-refractivity contribution in [2.24, 2.45) is 0 Å². The lowest BCUT2D eigenvalue weighted by molar-refractivity contribution is -0.385. The zero-order chi connectivity index (χ0) is 18.4. The number of hydrogen-bond donors (Lipinski definition) is 0. The number of rotatable bonds is 2. The van der Waals surface area contributed by atoms with Crippen LogP contribution >= 0.6 is 11.6 Å². The van der Waals surface area contributed by atoms with E-state index in [2.05, 4.69) is 4.98 Å². The summed E-state index contributed by atoms with van der Waals surface area (Å²) in [5, 5.41) is 13.3. The summed E-state index contributed by atoms with van der Waals surface area (Å²) in [4.78, 5) is 27.9. The smallest absolute Gasteiger partial charge is 0.274 e. The third-order valence-corrected chi connectivity index (χ3v) is 4.56. The molecule has 0 amide bonds. The van der Waals surface area contributed by atoms with Crippen molar-refractivity contribution in [3.05, 3.63) is 85.8 Å². The summed E-state index contributed by atoms with van der Waals surface area (Å²) in [6, 6.07) is 13.1. The van der Waals surface area contributed by atoms with Crippen LogP contribution in [-0.4, -0.2) is 14.5 Å². The summed E-state index contributed by atoms with van der Waals surface area (Å²) in [5.74, 6) is 0. The van der Waals surface area contributed by atoms with E-state index in [1.165, 1.54) is 16.7 Å². The Balaban J connectivity index is 2.18. The third kappa shape index (κ3) is 2.51. The Morgan fingerprint density at radius 1 is 1.12 bits per heavy atom. The first-order valence-electron chi connectivity index (χ1n) is 7.81. The van der Waals surface area contributed by atoms with Crippen LogP contribution in [0.2, 0.25) is 5.02 Å². The van der Waals surface area contributed by atoms with Crippen LogP contribution in [-0.2, 0) is 0 Å². The van der Waals surface area contributed by atoms with Gasteiger partial charge in [-0.05, 0) is 37.3 Å². The highest BCUT2D eigenvalue weighted by molar-refractivity contribution is 6.31. The van der Waals surface area contributed by atoms with Crippen LogP contribution in [0.1, 0.15) is 5.56 Å². The molecule has 0 saturated carbocycles. The molecule has 0 unspecified atom stereocenters. The summed E-state index contributed by atoms with van der Waals surface area (Å²) in [5.41, 5.74) is 1.92. The second-order valence-electron chi connectivity index (χ2n) is 5.96. The van der Waals surface area contributed by atoms with Gasteiger partial charge in [-0.3, -0.25) is 24.5 Å². The summed E-state index contributed by atoms with van der Waals surface area (Å²) >= 11 is 6.14. The van der Waals surface area contributed by atoms with Crippen molar-refractivity contribution in [3.63, 3.8) is 0 Å². The topological polar surface area (TPSA) is 78.0 Å². The normalized spacial score (nSPS) is 11.2. The quantitative estimate of drug-likeness (QED) is 0.299. The van der Waals surface area contributed by atoms with Gasteiger partial charge >= 0.3 is 0 Å². The zero-order valence-corrected chi connectivity index (χ0v) is 14.4. The van der Waals surface area contributed by atoms with Crippen LogP contribution in [0.3, 0.4) is 0 Å². The highest BCUT2D eigenvalue weighted by Crippen LogP contribution is 2.28. The molecule has 128 valence electrons. The van der Waals surface area contributed by atoms with Crippen LogP contribution in [0.4, 0.5) is 5.69 Å². The highest BCUT2D eigenvalue weighted by atomic mass is 35.5. The van der Waals surface area contributed by atoms with Crippen LogP contribution < -0.4 is 5.56 Å². The Bertz CT molecular complexity index is 1260. The second kappa shape index (κ2) is 5.93. The van der Waals surface area contributed by atoms with Gasteiger partial charge in [-0.25, -0.2) is 0 Å². The van der Waals surface area contributed by atoms with Gasteiger partial charge in [0.05, 0.1) is 21.6 Å². The van der Waals surface area contributed by atoms with E-state index in [0.717, 1.165) is 5.39 Å². The first kappa shape index (κ1) is 16.2. The fourth-order valence-electron chi connectivity index (χ4n) is 3.07. The number of aromatic nitrogens is 2. The first-order valence-corrected chi connectivity index (χ1v) is 8.19. The Kier molecular flexibility index (Phi) is 3.70. The molecule has 6 nitrogen and oxygen atoms in total. The fourth-order valence-corrected chi connectivity index (χ4v) is 3.25. The van der Waals surface area contributed by atoms with Gasteiger partial charge in [-0.1, -0.05) is 17.7 Å². The maximum atomic E-state index is 12.7. The summed E-state index contributed by atoms with van der Waals surface area (Å²) in [6.45, 7) is 1.66. The molecule has 0 fully saturated rings. The maximum Gasteiger partial charge on any atom is 0.274 e. The van der Waals surface area contributed by atoms with Gasteiger partial charge < -0.3 is 0 Å². The molecule has 4 rings (SSSR count). The number of aryl methyl sites for hydroxylation is 1. The molecule has 4 aromatic rings. The number of nitro benzene ring substituents is 1. The maximum absolute atomic E-state index is 12.7. The van der Waals surface area contributed by atoms with Crippen LogP contribution in [0.5, 0.6) is 0 Å². The van der Waals surface area contributed by atoms with E-state index in [0.29, 0.717) is 32.7 Å². The molecule has 0 saturated heterocycles. The van der Waals surface area contributed by atoms with Crippen molar-refractivity contribution in [2.75, 3.05) is 0 Å². The van der Waals surface area contributed by atoms with Gasteiger partial charge in [0.25, 0.3) is 11.2 Å². The van der Waals surface area contributed by atoms with Crippen molar-refractivity contribution in [3.8, 4) is 5.69 Å². The Morgan fingerprint density at radius 2 is 1.92 bits per heavy atom. The second-order valence-corrected chi connectivity index (χ2v) is 6.39. The Labute approximate surface area is 152 Å². The third-order valence-electron chi connectivity index (χ3n) is 4.33. The van der Waals surface area contributed by atoms with E-state index in [1.54, 1.807) is 49.5 Å². The average molecular weight is 366 g/mol. The van der Waals surface area contributed by atoms with Crippen molar-refractivity contribution in [1.82, 2.24) is 9.55 Å². The average Bonchev–Trinajstić information content (AvgIpc) is 2.62. The zero-order valence-electron chi connectivity index (χ0n) is 13.6. The molecule has 0 aliphatic carbocycles. The van der Waals surface area contributed by atoms with E-state index in [9.17, 15) is 14.9 Å². The van der Waals surface area contributed by atoms with Crippen molar-refractivity contribution >= 4 is 39.1 Å². The van der Waals surface area contributed by atoms with Crippen LogP contribution in [0, 0.1) is 17.0 Å². The fraction of sp³-hybridized carbons (Fsp3) is 0.0526. The Morgan fingerprint density at radius 3 is 2.69 bits per heavy atom. The van der Waals surface area contributed by atoms with Crippen molar-refractivity contribution < 1.29 is 4.92 Å². The molecule has 0 N–H and O–H groups in total. The van der Waals surface area contributed by atoms with E-state index < -0.39 is 4.92 Å². The van der Waals surface area contributed by atoms with Crippen molar-refractivity contribution in [1.29, 1.82) is 0 Å². The molecule has 26 heavy (non-hydrogen) atoms. The molecule has 0 bridgehead atoms. The number of benzene rings is 2. The molecule has 0 aliphatic rings. The van der Waals surface area contributed by atoms with Gasteiger partial charge in [-0.2, -0.15) is 0 Å². The lowest BCUT2D eigenvalue weighted by Gasteiger charge is -2.13. The van der Waals surface area contributed by atoms with Gasteiger partial charge in [0, 0.05) is 39.7 Å². The van der Waals surface area contributed by atoms with Crippen LogP contribution in [0.15, 0.2) is 59.5 Å². The molecule has 2 aromatic carbocycles. The Hall–Kier alpha value is -3.25. The monoisotopic (exact) mass is 365 g/mol. The number of nitrogens with zero attached hydrogens (tertiary/aromatic N) is 3. The predicted molar refractivity (Wildman–Crippen MR) is 101 cm³/mol. The molecule has 0 radical (unpaired) electrons. The number of nitro groups is 1. The minimum Gasteiger partial charge on any atom is -0.276 e. The predicted octanol–water partition coefficient (Wildman–Crippen LogP) is 4.41. The van der Waals surface area contributed by atoms with E-state index in [1.807, 2.05) is 0 Å². The summed E-state index contributed by atoms with van der Waals surface area (Å²) in [7, 11) is 0. The number of pyridine rings is 2. The van der Waals surface area contributed by atoms with E-state index in [-0.39, 0.29) is 11.2 Å². The van der Waals surface area contributed by atoms with Crippen LogP contribution in [0.25, 0.3) is 27.5 Å². The van der Waals surface area contributed by atoms with E-state index >= 15 is 0 Å². The lowest BCUT2D eigenvalue weighted by atomic mass is 10.1. The van der Waals surface area contributed by atoms with E-state index in [4.69, 9.17) is 11.6 Å². The number of hydrogen-bond acceptors (Lipinski definition) is 4. The lowest BCUT2D eigenvalue weighted by Crippen LogP contribution is -2.18. The number of fused-ring (bicyclic) bond motifs is 3. The molecule has 2 aromatic heterocycles. The van der Waals surface area contributed by atoms with Gasteiger partial charge in [0.15, 0.2) is 0 Å². The molecule has 2 heterocycles. The van der Waals surface area contributed by atoms with Gasteiger partial charge in [0.2, 0.25) is 0 Å². The molecular formula is C19H12ClN3O3. The molecule has 0 spiro atoms. The highest BCUT2D eigenvalue weighted by Gasteiger charge is 2.15. The van der Waals surface area contributed by atoms with Gasteiger partial charge in [0.1, 0.15) is 0 Å². The molecular weight excluding hydrogens is 354 g/mol. The number of halogens is 1. The SMILES string of the molecule is Cc1ccc(-n2c(=O)ccc3cnc4ccc(Cl)cc4c32)cc1[N+](=O)[O-]. The van der Waals surface area contributed by atoms with Crippen molar-refractivity contribution in [2.45, 2.75) is 6.92 Å².